The molecule has 0 amide bonds. The zero-order valence-electron chi connectivity index (χ0n) is 10.5. The van der Waals surface area contributed by atoms with E-state index in [1.165, 1.54) is 5.56 Å². The predicted molar refractivity (Wildman–Crippen MR) is 70.0 cm³/mol. The topological polar surface area (TPSA) is 38.5 Å². The maximum Gasteiger partial charge on any atom is 0.0850 e. The number of ether oxygens (including phenoxy) is 1. The Hall–Kier alpha value is -0.900. The Labute approximate surface area is 104 Å². The van der Waals surface area contributed by atoms with Gasteiger partial charge in [0.05, 0.1) is 12.7 Å². The molecule has 2 atom stereocenters. The lowest BCUT2D eigenvalue weighted by molar-refractivity contribution is -0.0371. The van der Waals surface area contributed by atoms with Crippen LogP contribution in [-0.4, -0.2) is 43.3 Å². The van der Waals surface area contributed by atoms with Crippen LogP contribution in [0.25, 0.3) is 0 Å². The molecule has 0 saturated carbocycles. The summed E-state index contributed by atoms with van der Waals surface area (Å²) >= 11 is 0. The Kier molecular flexibility index (Phi) is 4.54. The molecule has 1 aromatic rings. The van der Waals surface area contributed by atoms with E-state index in [-0.39, 0.29) is 12.1 Å². The van der Waals surface area contributed by atoms with Crippen LogP contribution < -0.4 is 5.73 Å². The zero-order chi connectivity index (χ0) is 12.1. The maximum atomic E-state index is 5.88. The van der Waals surface area contributed by atoms with E-state index < -0.39 is 0 Å². The SMILES string of the molecule is CC(N)C1CN(CCc2ccccc2)CCO1. The van der Waals surface area contributed by atoms with Gasteiger partial charge in [0.15, 0.2) is 0 Å². The molecule has 17 heavy (non-hydrogen) atoms. The zero-order valence-corrected chi connectivity index (χ0v) is 10.5. The summed E-state index contributed by atoms with van der Waals surface area (Å²) in [6, 6.07) is 10.7. The van der Waals surface area contributed by atoms with Crippen molar-refractivity contribution in [2.24, 2.45) is 5.73 Å². The molecule has 2 rings (SSSR count). The molecule has 1 saturated heterocycles. The second kappa shape index (κ2) is 6.15. The Morgan fingerprint density at radius 2 is 2.18 bits per heavy atom. The van der Waals surface area contributed by atoms with Crippen LogP contribution in [0.1, 0.15) is 12.5 Å². The van der Waals surface area contributed by atoms with Gasteiger partial charge in [-0.3, -0.25) is 4.90 Å². The highest BCUT2D eigenvalue weighted by atomic mass is 16.5. The Bertz CT molecular complexity index is 326. The van der Waals surface area contributed by atoms with E-state index in [0.717, 1.165) is 32.7 Å². The number of rotatable bonds is 4. The van der Waals surface area contributed by atoms with E-state index in [2.05, 4.69) is 35.2 Å². The number of benzene rings is 1. The average molecular weight is 234 g/mol. The molecule has 2 N–H and O–H groups in total. The highest BCUT2D eigenvalue weighted by Gasteiger charge is 2.22. The second-order valence-corrected chi connectivity index (χ2v) is 4.80. The Balaban J connectivity index is 1.79. The molecular weight excluding hydrogens is 212 g/mol. The predicted octanol–water partition coefficient (Wildman–Crippen LogP) is 1.28. The summed E-state index contributed by atoms with van der Waals surface area (Å²) in [4.78, 5) is 2.45. The van der Waals surface area contributed by atoms with Crippen LogP contribution in [0.3, 0.4) is 0 Å². The number of morpholine rings is 1. The van der Waals surface area contributed by atoms with Gasteiger partial charge < -0.3 is 10.5 Å². The number of nitrogens with two attached hydrogens (primary N) is 1. The van der Waals surface area contributed by atoms with Gasteiger partial charge in [-0.1, -0.05) is 30.3 Å². The summed E-state index contributed by atoms with van der Waals surface area (Å²) in [6.45, 7) is 5.91. The first kappa shape index (κ1) is 12.6. The van der Waals surface area contributed by atoms with Crippen molar-refractivity contribution in [2.45, 2.75) is 25.5 Å². The standard InChI is InChI=1S/C14H22N2O/c1-12(15)14-11-16(9-10-17-14)8-7-13-5-3-2-4-6-13/h2-6,12,14H,7-11,15H2,1H3. The van der Waals surface area contributed by atoms with E-state index in [4.69, 9.17) is 10.5 Å². The van der Waals surface area contributed by atoms with Crippen molar-refractivity contribution < 1.29 is 4.74 Å². The van der Waals surface area contributed by atoms with Crippen molar-refractivity contribution in [1.29, 1.82) is 0 Å². The second-order valence-electron chi connectivity index (χ2n) is 4.80. The lowest BCUT2D eigenvalue weighted by Gasteiger charge is -2.34. The molecule has 94 valence electrons. The van der Waals surface area contributed by atoms with E-state index in [9.17, 15) is 0 Å². The summed E-state index contributed by atoms with van der Waals surface area (Å²) in [5.41, 5.74) is 7.28. The Morgan fingerprint density at radius 1 is 1.41 bits per heavy atom. The molecule has 1 aromatic carbocycles. The summed E-state index contributed by atoms with van der Waals surface area (Å²) in [5.74, 6) is 0. The molecule has 0 bridgehead atoms. The first-order chi connectivity index (χ1) is 8.25. The number of hydrogen-bond acceptors (Lipinski definition) is 3. The molecule has 0 spiro atoms. The average Bonchev–Trinajstić information content (AvgIpc) is 2.38. The van der Waals surface area contributed by atoms with Gasteiger partial charge >= 0.3 is 0 Å². The largest absolute Gasteiger partial charge is 0.374 e. The molecule has 1 fully saturated rings. The summed E-state index contributed by atoms with van der Waals surface area (Å²) < 4.78 is 5.65. The fraction of sp³-hybridized carbons (Fsp3) is 0.571. The van der Waals surface area contributed by atoms with Gasteiger partial charge in [0.25, 0.3) is 0 Å². The fourth-order valence-corrected chi connectivity index (χ4v) is 2.18. The van der Waals surface area contributed by atoms with E-state index in [0.29, 0.717) is 0 Å². The van der Waals surface area contributed by atoms with Gasteiger partial charge in [-0.25, -0.2) is 0 Å². The van der Waals surface area contributed by atoms with Crippen molar-refractivity contribution in [3.8, 4) is 0 Å². The minimum atomic E-state index is 0.120. The molecule has 1 aliphatic rings. The highest BCUT2D eigenvalue weighted by Crippen LogP contribution is 2.09. The normalized spacial score (nSPS) is 23.5. The molecule has 0 radical (unpaired) electrons. The third-order valence-electron chi connectivity index (χ3n) is 3.32. The monoisotopic (exact) mass is 234 g/mol. The summed E-state index contributed by atoms with van der Waals surface area (Å²) in [7, 11) is 0. The number of nitrogens with zero attached hydrogens (tertiary/aromatic N) is 1. The Morgan fingerprint density at radius 3 is 2.88 bits per heavy atom. The van der Waals surface area contributed by atoms with Gasteiger partial charge in [-0.2, -0.15) is 0 Å². The van der Waals surface area contributed by atoms with Crippen LogP contribution in [-0.2, 0) is 11.2 Å². The highest BCUT2D eigenvalue weighted by molar-refractivity contribution is 5.14. The van der Waals surface area contributed by atoms with Crippen LogP contribution in [0, 0.1) is 0 Å². The number of hydrogen-bond donors (Lipinski definition) is 1. The molecule has 3 nitrogen and oxygen atoms in total. The van der Waals surface area contributed by atoms with Crippen LogP contribution in [0.4, 0.5) is 0 Å². The molecule has 1 heterocycles. The first-order valence-corrected chi connectivity index (χ1v) is 6.39. The van der Waals surface area contributed by atoms with E-state index in [1.807, 2.05) is 6.92 Å². The molecular formula is C14H22N2O. The first-order valence-electron chi connectivity index (χ1n) is 6.39. The van der Waals surface area contributed by atoms with Gasteiger partial charge in [0, 0.05) is 25.7 Å². The van der Waals surface area contributed by atoms with Crippen LogP contribution in [0.15, 0.2) is 30.3 Å². The van der Waals surface area contributed by atoms with E-state index >= 15 is 0 Å². The summed E-state index contributed by atoms with van der Waals surface area (Å²) in [6.07, 6.45) is 1.30. The third-order valence-corrected chi connectivity index (χ3v) is 3.32. The van der Waals surface area contributed by atoms with E-state index in [1.54, 1.807) is 0 Å². The van der Waals surface area contributed by atoms with Gasteiger partial charge in [0.2, 0.25) is 0 Å². The molecule has 2 unspecified atom stereocenters. The van der Waals surface area contributed by atoms with Crippen LogP contribution >= 0.6 is 0 Å². The van der Waals surface area contributed by atoms with Gasteiger partial charge in [-0.15, -0.1) is 0 Å². The molecule has 0 aromatic heterocycles. The molecule has 3 heteroatoms. The van der Waals surface area contributed by atoms with Crippen molar-refractivity contribution in [2.75, 3.05) is 26.2 Å². The van der Waals surface area contributed by atoms with Crippen molar-refractivity contribution in [3.63, 3.8) is 0 Å². The fourth-order valence-electron chi connectivity index (χ4n) is 2.18. The minimum absolute atomic E-state index is 0.120. The van der Waals surface area contributed by atoms with Crippen molar-refractivity contribution in [1.82, 2.24) is 4.90 Å². The van der Waals surface area contributed by atoms with Crippen LogP contribution in [0.2, 0.25) is 0 Å². The van der Waals surface area contributed by atoms with Gasteiger partial charge in [0.1, 0.15) is 0 Å². The smallest absolute Gasteiger partial charge is 0.0850 e. The van der Waals surface area contributed by atoms with Crippen molar-refractivity contribution >= 4 is 0 Å². The molecule has 1 aliphatic heterocycles. The van der Waals surface area contributed by atoms with Crippen molar-refractivity contribution in [3.05, 3.63) is 35.9 Å². The van der Waals surface area contributed by atoms with Gasteiger partial charge in [-0.05, 0) is 18.9 Å². The lowest BCUT2D eigenvalue weighted by Crippen LogP contribution is -2.49. The maximum absolute atomic E-state index is 5.88. The third kappa shape index (κ3) is 3.80. The lowest BCUT2D eigenvalue weighted by atomic mass is 10.1. The minimum Gasteiger partial charge on any atom is -0.374 e. The summed E-state index contributed by atoms with van der Waals surface area (Å²) in [5, 5.41) is 0. The van der Waals surface area contributed by atoms with Crippen LogP contribution in [0.5, 0.6) is 0 Å². The quantitative estimate of drug-likeness (QED) is 0.853. The molecule has 0 aliphatic carbocycles.